The molecule has 134 valence electrons. The van der Waals surface area contributed by atoms with Gasteiger partial charge in [0.25, 0.3) is 0 Å². The van der Waals surface area contributed by atoms with Gasteiger partial charge in [0.05, 0.1) is 17.2 Å². The second-order valence-corrected chi connectivity index (χ2v) is 6.41. The third-order valence-corrected chi connectivity index (χ3v) is 4.46. The number of rotatable bonds is 4. The molecule has 0 amide bonds. The van der Waals surface area contributed by atoms with E-state index in [-0.39, 0.29) is 5.56 Å². The summed E-state index contributed by atoms with van der Waals surface area (Å²) in [4.78, 5) is 15.4. The number of carboxylic acids is 1. The van der Waals surface area contributed by atoms with Crippen LogP contribution in [0.15, 0.2) is 48.7 Å². The van der Waals surface area contributed by atoms with Gasteiger partial charge in [-0.2, -0.15) is 5.26 Å². The molecule has 2 aromatic heterocycles. The molecule has 0 saturated carbocycles. The summed E-state index contributed by atoms with van der Waals surface area (Å²) >= 11 is 0. The van der Waals surface area contributed by atoms with Crippen molar-refractivity contribution in [2.75, 3.05) is 0 Å². The molecule has 3 aromatic rings. The van der Waals surface area contributed by atoms with E-state index in [0.29, 0.717) is 11.1 Å². The number of aromatic carboxylic acids is 1. The highest BCUT2D eigenvalue weighted by molar-refractivity contribution is 5.92. The average molecular weight is 357 g/mol. The molecule has 27 heavy (non-hydrogen) atoms. The lowest BCUT2D eigenvalue weighted by atomic mass is 10.0. The quantitative estimate of drug-likeness (QED) is 0.694. The fraction of sp³-hybridized carbons (Fsp3) is 0.136. The molecule has 0 aliphatic rings. The van der Waals surface area contributed by atoms with E-state index in [9.17, 15) is 10.1 Å². The van der Waals surface area contributed by atoms with E-state index in [2.05, 4.69) is 15.6 Å². The van der Waals surface area contributed by atoms with E-state index in [0.717, 1.165) is 28.3 Å². The number of benzene rings is 1. The van der Waals surface area contributed by atoms with Crippen LogP contribution in [-0.2, 0) is 0 Å². The third-order valence-electron chi connectivity index (χ3n) is 4.46. The van der Waals surface area contributed by atoms with Crippen molar-refractivity contribution in [3.05, 3.63) is 82.3 Å². The maximum atomic E-state index is 11.0. The second kappa shape index (κ2) is 7.30. The number of carbonyl (C=O) groups is 1. The average Bonchev–Trinajstić information content (AvgIpc) is 2.93. The van der Waals surface area contributed by atoms with Crippen LogP contribution in [0.5, 0.6) is 0 Å². The Hall–Kier alpha value is -3.65. The molecular formula is C22H19N3O2. The summed E-state index contributed by atoms with van der Waals surface area (Å²) < 4.78 is 2.06. The fourth-order valence-electron chi connectivity index (χ4n) is 3.06. The van der Waals surface area contributed by atoms with E-state index in [1.165, 1.54) is 12.1 Å². The molecule has 0 spiro atoms. The van der Waals surface area contributed by atoms with Crippen LogP contribution in [0, 0.1) is 32.1 Å². The highest BCUT2D eigenvalue weighted by Crippen LogP contribution is 2.25. The third kappa shape index (κ3) is 3.65. The van der Waals surface area contributed by atoms with Crippen LogP contribution >= 0.6 is 0 Å². The van der Waals surface area contributed by atoms with Gasteiger partial charge in [0.2, 0.25) is 0 Å². The van der Waals surface area contributed by atoms with Gasteiger partial charge in [-0.3, -0.25) is 0 Å². The SMILES string of the molecule is Cc1ccnc(-n2c(C)cc(C=C(C#N)c3ccc(C(=O)O)cc3)c2C)c1. The molecule has 0 aliphatic heterocycles. The minimum Gasteiger partial charge on any atom is -0.478 e. The predicted molar refractivity (Wildman–Crippen MR) is 105 cm³/mol. The Kier molecular flexibility index (Phi) is 4.91. The number of hydrogen-bond acceptors (Lipinski definition) is 3. The lowest BCUT2D eigenvalue weighted by Gasteiger charge is -2.09. The van der Waals surface area contributed by atoms with Gasteiger partial charge >= 0.3 is 5.97 Å². The van der Waals surface area contributed by atoms with E-state index in [1.807, 2.05) is 45.0 Å². The summed E-state index contributed by atoms with van der Waals surface area (Å²) in [5, 5.41) is 18.6. The van der Waals surface area contributed by atoms with Crippen LogP contribution in [0.2, 0.25) is 0 Å². The Morgan fingerprint density at radius 2 is 1.78 bits per heavy atom. The van der Waals surface area contributed by atoms with Crippen LogP contribution in [0.25, 0.3) is 17.5 Å². The summed E-state index contributed by atoms with van der Waals surface area (Å²) in [6.45, 7) is 6.02. The molecule has 0 bridgehead atoms. The van der Waals surface area contributed by atoms with Crippen molar-refractivity contribution < 1.29 is 9.90 Å². The van der Waals surface area contributed by atoms with Gasteiger partial charge in [0.1, 0.15) is 5.82 Å². The van der Waals surface area contributed by atoms with Crippen LogP contribution in [0.1, 0.15) is 38.4 Å². The maximum Gasteiger partial charge on any atom is 0.335 e. The largest absolute Gasteiger partial charge is 0.478 e. The van der Waals surface area contributed by atoms with Crippen molar-refractivity contribution in [1.29, 1.82) is 5.26 Å². The van der Waals surface area contributed by atoms with E-state index in [4.69, 9.17) is 5.11 Å². The Morgan fingerprint density at radius 1 is 1.11 bits per heavy atom. The highest BCUT2D eigenvalue weighted by Gasteiger charge is 2.12. The van der Waals surface area contributed by atoms with Crippen LogP contribution in [0.4, 0.5) is 0 Å². The molecule has 0 saturated heterocycles. The number of hydrogen-bond donors (Lipinski definition) is 1. The Bertz CT molecular complexity index is 1080. The maximum absolute atomic E-state index is 11.0. The molecule has 0 fully saturated rings. The summed E-state index contributed by atoms with van der Waals surface area (Å²) in [7, 11) is 0. The first-order valence-corrected chi connectivity index (χ1v) is 8.48. The minimum absolute atomic E-state index is 0.194. The minimum atomic E-state index is -0.988. The van der Waals surface area contributed by atoms with Crippen molar-refractivity contribution in [1.82, 2.24) is 9.55 Å². The zero-order chi connectivity index (χ0) is 19.6. The topological polar surface area (TPSA) is 78.9 Å². The highest BCUT2D eigenvalue weighted by atomic mass is 16.4. The first-order valence-electron chi connectivity index (χ1n) is 8.48. The summed E-state index contributed by atoms with van der Waals surface area (Å²) in [6.07, 6.45) is 3.61. The van der Waals surface area contributed by atoms with Gasteiger partial charge in [-0.25, -0.2) is 9.78 Å². The van der Waals surface area contributed by atoms with Crippen LogP contribution in [-0.4, -0.2) is 20.6 Å². The van der Waals surface area contributed by atoms with Gasteiger partial charge in [0, 0.05) is 17.6 Å². The summed E-state index contributed by atoms with van der Waals surface area (Å²) in [5.41, 5.74) is 5.41. The number of pyridine rings is 1. The molecule has 5 heteroatoms. The van der Waals surface area contributed by atoms with Crippen LogP contribution in [0.3, 0.4) is 0 Å². The molecule has 0 aliphatic carbocycles. The molecular weight excluding hydrogens is 338 g/mol. The summed E-state index contributed by atoms with van der Waals surface area (Å²) in [5.74, 6) is -0.146. The number of aryl methyl sites for hydroxylation is 2. The lowest BCUT2D eigenvalue weighted by Crippen LogP contribution is -2.02. The van der Waals surface area contributed by atoms with Crippen LogP contribution < -0.4 is 0 Å². The Labute approximate surface area is 157 Å². The van der Waals surface area contributed by atoms with Crippen molar-refractivity contribution >= 4 is 17.6 Å². The van der Waals surface area contributed by atoms with Gasteiger partial charge in [-0.1, -0.05) is 12.1 Å². The summed E-state index contributed by atoms with van der Waals surface area (Å²) in [6, 6.07) is 14.5. The van der Waals surface area contributed by atoms with Gasteiger partial charge < -0.3 is 9.67 Å². The number of allylic oxidation sites excluding steroid dienone is 1. The van der Waals surface area contributed by atoms with E-state index < -0.39 is 5.97 Å². The number of nitrogens with zero attached hydrogens (tertiary/aromatic N) is 3. The Balaban J connectivity index is 2.04. The normalized spacial score (nSPS) is 11.3. The van der Waals surface area contributed by atoms with Gasteiger partial charge in [-0.15, -0.1) is 0 Å². The molecule has 0 atom stereocenters. The number of carboxylic acid groups (broad SMARTS) is 1. The lowest BCUT2D eigenvalue weighted by molar-refractivity contribution is 0.0697. The zero-order valence-electron chi connectivity index (χ0n) is 15.4. The predicted octanol–water partition coefficient (Wildman–Crippen LogP) is 4.56. The van der Waals surface area contributed by atoms with Gasteiger partial charge in [0.15, 0.2) is 0 Å². The Morgan fingerprint density at radius 3 is 2.37 bits per heavy atom. The first kappa shape index (κ1) is 18.2. The molecule has 2 heterocycles. The van der Waals surface area contributed by atoms with Crippen molar-refractivity contribution in [3.8, 4) is 11.9 Å². The molecule has 0 unspecified atom stereocenters. The fourth-order valence-corrected chi connectivity index (χ4v) is 3.06. The molecule has 5 nitrogen and oxygen atoms in total. The molecule has 3 rings (SSSR count). The molecule has 0 radical (unpaired) electrons. The number of nitriles is 1. The first-order chi connectivity index (χ1) is 12.9. The second-order valence-electron chi connectivity index (χ2n) is 6.41. The number of aromatic nitrogens is 2. The molecule has 1 aromatic carbocycles. The zero-order valence-corrected chi connectivity index (χ0v) is 15.4. The van der Waals surface area contributed by atoms with Crippen molar-refractivity contribution in [3.63, 3.8) is 0 Å². The smallest absolute Gasteiger partial charge is 0.335 e. The molecule has 1 N–H and O–H groups in total. The van der Waals surface area contributed by atoms with E-state index in [1.54, 1.807) is 18.3 Å². The van der Waals surface area contributed by atoms with Crippen molar-refractivity contribution in [2.45, 2.75) is 20.8 Å². The standard InChI is InChI=1S/C22H19N3O2/c1-14-8-9-24-21(10-14)25-15(2)11-19(16(25)3)12-20(13-23)17-4-6-18(7-5-17)22(26)27/h4-12H,1-3H3,(H,26,27). The monoisotopic (exact) mass is 357 g/mol. The van der Waals surface area contributed by atoms with Crippen molar-refractivity contribution in [2.24, 2.45) is 0 Å². The van der Waals surface area contributed by atoms with E-state index >= 15 is 0 Å². The van der Waals surface area contributed by atoms with Gasteiger partial charge in [-0.05, 0) is 73.9 Å².